The Morgan fingerprint density at radius 1 is 0.284 bits per heavy atom. The summed E-state index contributed by atoms with van der Waals surface area (Å²) in [6, 6.07) is 0. The molecular formula is C83H140O17P2. The summed E-state index contributed by atoms with van der Waals surface area (Å²) >= 11 is 0. The number of phosphoric acid groups is 2. The maximum absolute atomic E-state index is 13.1. The van der Waals surface area contributed by atoms with Crippen molar-refractivity contribution < 1.29 is 80.2 Å². The van der Waals surface area contributed by atoms with Crippen molar-refractivity contribution in [2.24, 2.45) is 0 Å². The molecule has 0 aromatic carbocycles. The van der Waals surface area contributed by atoms with E-state index >= 15 is 0 Å². The standard InChI is InChI=1S/C83H140O17P2/c1-5-9-13-17-21-25-29-33-37-38-42-44-48-52-56-60-64-68-81(86)94-74-79(100-83(88)70-66-62-58-54-50-46-41-36-32-28-24-20-16-12-8-4)76-98-102(91,92)96-72-77(84)71-95-101(89,90)97-75-78(99-82(87)69-65-61-57-53-49-45-40-35-31-27-23-19-15-11-7-3)73-93-80(85)67-63-59-55-51-47-43-39-34-30-26-22-18-14-10-6-2/h9-11,13-15,21-23,25-27,33-37,39-41,47,51,77-79,84H,5-8,12,16-20,24,28-32,38,42-46,48-50,52-76H2,1-4H3,(H,89,90)(H,91,92)/b13-9-,14-10-,15-11-,25-21-,26-22-,27-23-,37-33-,39-34-,40-35-,41-36-,51-47-. The predicted octanol–water partition coefficient (Wildman–Crippen LogP) is 22.9. The minimum absolute atomic E-state index is 0.0630. The summed E-state index contributed by atoms with van der Waals surface area (Å²) in [6.45, 7) is 4.46. The lowest BCUT2D eigenvalue weighted by Crippen LogP contribution is -2.30. The number of carbonyl (C=O) groups is 4. The predicted molar refractivity (Wildman–Crippen MR) is 418 cm³/mol. The molecule has 0 saturated carbocycles. The Labute approximate surface area is 618 Å². The zero-order valence-electron chi connectivity index (χ0n) is 63.7. The molecule has 102 heavy (non-hydrogen) atoms. The molecule has 0 aromatic rings. The second kappa shape index (κ2) is 74.5. The summed E-state index contributed by atoms with van der Waals surface area (Å²) in [5, 5.41) is 10.6. The number of phosphoric ester groups is 2. The monoisotopic (exact) mass is 1470 g/mol. The average molecular weight is 1470 g/mol. The van der Waals surface area contributed by atoms with Crippen LogP contribution in [0.25, 0.3) is 0 Å². The van der Waals surface area contributed by atoms with E-state index in [2.05, 4.69) is 161 Å². The zero-order chi connectivity index (χ0) is 74.6. The van der Waals surface area contributed by atoms with Crippen LogP contribution in [0.15, 0.2) is 134 Å². The van der Waals surface area contributed by atoms with Crippen LogP contribution in [0.4, 0.5) is 0 Å². The topological polar surface area (TPSA) is 237 Å². The highest BCUT2D eigenvalue weighted by atomic mass is 31.2. The van der Waals surface area contributed by atoms with Gasteiger partial charge in [-0.3, -0.25) is 37.3 Å². The average Bonchev–Trinajstić information content (AvgIpc) is 0.926. The van der Waals surface area contributed by atoms with Gasteiger partial charge in [-0.25, -0.2) is 9.13 Å². The first-order chi connectivity index (χ1) is 49.7. The second-order valence-corrected chi connectivity index (χ2v) is 28.8. The number of hydrogen-bond acceptors (Lipinski definition) is 15. The Kier molecular flexibility index (Phi) is 71.0. The number of esters is 4. The molecule has 5 unspecified atom stereocenters. The van der Waals surface area contributed by atoms with E-state index in [1.165, 1.54) is 38.5 Å². The Bertz CT molecular complexity index is 2460. The molecule has 584 valence electrons. The molecule has 3 N–H and O–H groups in total. The fourth-order valence-electron chi connectivity index (χ4n) is 10.2. The summed E-state index contributed by atoms with van der Waals surface area (Å²) in [5.41, 5.74) is 0. The Hall–Kier alpha value is -4.80. The highest BCUT2D eigenvalue weighted by molar-refractivity contribution is 7.47. The van der Waals surface area contributed by atoms with Gasteiger partial charge in [0.15, 0.2) is 12.2 Å². The van der Waals surface area contributed by atoms with Gasteiger partial charge in [-0.2, -0.15) is 0 Å². The van der Waals surface area contributed by atoms with E-state index in [-0.39, 0.29) is 25.7 Å². The van der Waals surface area contributed by atoms with Crippen LogP contribution < -0.4 is 0 Å². The van der Waals surface area contributed by atoms with Crippen LogP contribution >= 0.6 is 15.6 Å². The molecule has 0 amide bonds. The fourth-order valence-corrected chi connectivity index (χ4v) is 11.8. The maximum atomic E-state index is 13.1. The number of carbonyl (C=O) groups excluding carboxylic acids is 4. The summed E-state index contributed by atoms with van der Waals surface area (Å²) in [7, 11) is -9.98. The third kappa shape index (κ3) is 73.5. The third-order valence-electron chi connectivity index (χ3n) is 16.1. The van der Waals surface area contributed by atoms with Crippen molar-refractivity contribution in [1.82, 2.24) is 0 Å². The van der Waals surface area contributed by atoms with E-state index in [9.17, 15) is 43.2 Å². The number of allylic oxidation sites excluding steroid dienone is 22. The SMILES string of the molecule is CC/C=C\C/C=C\C/C=C\C/C=C\CCCCC(=O)OCC(COP(=O)(O)OCC(O)COP(=O)(O)OCC(COC(=O)CCCCCCCCC/C=C\C/C=C\C/C=C\CC)OC(=O)CCCCCCC/C=C\CCCCCCCC)OC(=O)CCCCCCC/C=C\C/C=C\C/C=C\CC. The van der Waals surface area contributed by atoms with Crippen molar-refractivity contribution in [3.63, 3.8) is 0 Å². The molecule has 0 aromatic heterocycles. The molecule has 0 aliphatic carbocycles. The van der Waals surface area contributed by atoms with Crippen molar-refractivity contribution in [1.29, 1.82) is 0 Å². The normalized spacial score (nSPS) is 14.6. The third-order valence-corrected chi connectivity index (χ3v) is 18.0. The van der Waals surface area contributed by atoms with Crippen molar-refractivity contribution in [3.05, 3.63) is 134 Å². The number of aliphatic hydroxyl groups is 1. The first kappa shape index (κ1) is 97.2. The molecule has 5 atom stereocenters. The summed E-state index contributed by atoms with van der Waals surface area (Å²) in [4.78, 5) is 73.0. The molecule has 0 aliphatic heterocycles. The van der Waals surface area contributed by atoms with Gasteiger partial charge in [0, 0.05) is 25.7 Å². The van der Waals surface area contributed by atoms with Crippen LogP contribution in [0.2, 0.25) is 0 Å². The maximum Gasteiger partial charge on any atom is 0.472 e. The molecule has 0 spiro atoms. The molecule has 0 fully saturated rings. The highest BCUT2D eigenvalue weighted by Gasteiger charge is 2.30. The van der Waals surface area contributed by atoms with Gasteiger partial charge in [-0.05, 0) is 154 Å². The largest absolute Gasteiger partial charge is 0.472 e. The molecule has 0 aliphatic rings. The first-order valence-corrected chi connectivity index (χ1v) is 42.4. The van der Waals surface area contributed by atoms with E-state index in [1.54, 1.807) is 0 Å². The highest BCUT2D eigenvalue weighted by Crippen LogP contribution is 2.45. The van der Waals surface area contributed by atoms with Crippen molar-refractivity contribution in [3.8, 4) is 0 Å². The van der Waals surface area contributed by atoms with E-state index < -0.39 is 97.5 Å². The van der Waals surface area contributed by atoms with Gasteiger partial charge in [0.05, 0.1) is 26.4 Å². The molecule has 0 bridgehead atoms. The summed E-state index contributed by atoms with van der Waals surface area (Å²) in [6.07, 6.45) is 82.9. The van der Waals surface area contributed by atoms with Crippen molar-refractivity contribution >= 4 is 39.5 Å². The fraction of sp³-hybridized carbons (Fsp3) is 0.687. The number of rotatable bonds is 73. The van der Waals surface area contributed by atoms with Gasteiger partial charge in [0.25, 0.3) is 0 Å². The van der Waals surface area contributed by atoms with Gasteiger partial charge in [0.2, 0.25) is 0 Å². The first-order valence-electron chi connectivity index (χ1n) is 39.4. The van der Waals surface area contributed by atoms with Gasteiger partial charge in [-0.15, -0.1) is 0 Å². The van der Waals surface area contributed by atoms with E-state index in [1.807, 2.05) is 0 Å². The van der Waals surface area contributed by atoms with Crippen LogP contribution in [-0.4, -0.2) is 96.7 Å². The van der Waals surface area contributed by atoms with E-state index in [0.29, 0.717) is 25.7 Å². The van der Waals surface area contributed by atoms with Crippen LogP contribution in [0.5, 0.6) is 0 Å². The van der Waals surface area contributed by atoms with E-state index in [4.69, 9.17) is 37.0 Å². The molecular weight excluding hydrogens is 1330 g/mol. The number of ether oxygens (including phenoxy) is 4. The minimum atomic E-state index is -4.99. The lowest BCUT2D eigenvalue weighted by atomic mass is 10.1. The van der Waals surface area contributed by atoms with Crippen molar-refractivity contribution in [2.45, 2.75) is 329 Å². The van der Waals surface area contributed by atoms with Crippen LogP contribution in [-0.2, 0) is 65.4 Å². The molecule has 0 saturated heterocycles. The number of hydrogen-bond donors (Lipinski definition) is 3. The Balaban J connectivity index is 5.42. The van der Waals surface area contributed by atoms with Gasteiger partial charge in [-0.1, -0.05) is 264 Å². The van der Waals surface area contributed by atoms with Crippen LogP contribution in [0.3, 0.4) is 0 Å². The Morgan fingerprint density at radius 2 is 0.510 bits per heavy atom. The molecule has 0 radical (unpaired) electrons. The summed E-state index contributed by atoms with van der Waals surface area (Å²) < 4.78 is 68.5. The second-order valence-electron chi connectivity index (χ2n) is 25.9. The van der Waals surface area contributed by atoms with Gasteiger partial charge >= 0.3 is 39.5 Å². The van der Waals surface area contributed by atoms with E-state index in [0.717, 1.165) is 193 Å². The van der Waals surface area contributed by atoms with Crippen LogP contribution in [0.1, 0.15) is 310 Å². The zero-order valence-corrected chi connectivity index (χ0v) is 65.5. The number of aliphatic hydroxyl groups excluding tert-OH is 1. The smallest absolute Gasteiger partial charge is 0.462 e. The molecule has 0 heterocycles. The lowest BCUT2D eigenvalue weighted by molar-refractivity contribution is -0.161. The lowest BCUT2D eigenvalue weighted by Gasteiger charge is -2.21. The minimum Gasteiger partial charge on any atom is -0.462 e. The molecule has 19 heteroatoms. The molecule has 17 nitrogen and oxygen atoms in total. The number of unbranched alkanes of at least 4 members (excludes halogenated alkanes) is 25. The van der Waals surface area contributed by atoms with Gasteiger partial charge < -0.3 is 33.8 Å². The summed E-state index contributed by atoms with van der Waals surface area (Å²) in [5.74, 6) is -2.26. The quantitative estimate of drug-likeness (QED) is 0.0169. The van der Waals surface area contributed by atoms with Gasteiger partial charge in [0.1, 0.15) is 19.3 Å². The Morgan fingerprint density at radius 3 is 0.814 bits per heavy atom. The van der Waals surface area contributed by atoms with Crippen LogP contribution in [0, 0.1) is 0 Å². The van der Waals surface area contributed by atoms with Crippen molar-refractivity contribution in [2.75, 3.05) is 39.6 Å². The molecule has 0 rings (SSSR count).